The second-order valence-electron chi connectivity index (χ2n) is 12.5. The number of fused-ring (bicyclic) bond motifs is 2. The lowest BCUT2D eigenvalue weighted by molar-refractivity contribution is 0.000497. The van der Waals surface area contributed by atoms with Crippen LogP contribution in [0.15, 0.2) is 72.8 Å². The fraction of sp³-hybridized carbons (Fsp3) is 0.189. The number of phenols is 10. The first-order valence-electron chi connectivity index (χ1n) is 15.7. The first kappa shape index (κ1) is 34.4. The summed E-state index contributed by atoms with van der Waals surface area (Å²) in [6.45, 7) is 0. The summed E-state index contributed by atoms with van der Waals surface area (Å²) < 4.78 is 12.3. The lowest BCUT2D eigenvalue weighted by Crippen LogP contribution is -2.37. The standard InChI is InChI=1S/C37H32O14S/c38-17-10-18(39)26-25(11-17)50-34(15-6-21(42)30(46)22(43)7-15)32(48)29(26)27-19(40)12-20(41)28-36(27)51-35(16-8-23(44)31(47)24(45)9-16)33(49)37(28)52-13-14-4-2-1-3-5-14/h1-12,29,32-35,37-49H,13H2/t29-,32-,33+,34-,35-,37+/m1/s1. The van der Waals surface area contributed by atoms with Gasteiger partial charge >= 0.3 is 0 Å². The molecule has 0 bridgehead atoms. The summed E-state index contributed by atoms with van der Waals surface area (Å²) in [4.78, 5) is 0. The quantitative estimate of drug-likeness (QED) is 0.104. The molecule has 6 atom stereocenters. The summed E-state index contributed by atoms with van der Waals surface area (Å²) in [6.07, 6.45) is -6.23. The summed E-state index contributed by atoms with van der Waals surface area (Å²) in [5.74, 6) is -8.46. The molecule has 14 nitrogen and oxygen atoms in total. The second kappa shape index (κ2) is 12.9. The normalized spacial score (nSPS) is 22.1. The van der Waals surface area contributed by atoms with Gasteiger partial charge in [-0.1, -0.05) is 30.3 Å². The van der Waals surface area contributed by atoms with Crippen LogP contribution in [0.25, 0.3) is 0 Å². The number of aliphatic hydroxyl groups is 2. The maximum atomic E-state index is 12.1. The van der Waals surface area contributed by atoms with Gasteiger partial charge in [0.1, 0.15) is 46.7 Å². The van der Waals surface area contributed by atoms with Gasteiger partial charge in [0.2, 0.25) is 0 Å². The Hall–Kier alpha value is -6.03. The van der Waals surface area contributed by atoms with E-state index < -0.39 is 93.1 Å². The maximum absolute atomic E-state index is 12.1. The third-order valence-electron chi connectivity index (χ3n) is 9.21. The van der Waals surface area contributed by atoms with Crippen molar-refractivity contribution in [3.8, 4) is 69.0 Å². The average Bonchev–Trinajstić information content (AvgIpc) is 3.09. The Labute approximate surface area is 298 Å². The molecular formula is C37H32O14S. The van der Waals surface area contributed by atoms with Crippen LogP contribution in [0, 0.1) is 0 Å². The lowest BCUT2D eigenvalue weighted by Gasteiger charge is -2.42. The van der Waals surface area contributed by atoms with Crippen LogP contribution in [-0.2, 0) is 5.75 Å². The van der Waals surface area contributed by atoms with Gasteiger partial charge in [-0.3, -0.25) is 0 Å². The minimum atomic E-state index is -1.79. The molecule has 0 aliphatic carbocycles. The van der Waals surface area contributed by atoms with Gasteiger partial charge in [0.05, 0.1) is 16.7 Å². The van der Waals surface area contributed by atoms with E-state index in [0.29, 0.717) is 5.75 Å². The number of hydrogen-bond acceptors (Lipinski definition) is 15. The van der Waals surface area contributed by atoms with Crippen molar-refractivity contribution in [2.45, 2.75) is 41.3 Å². The van der Waals surface area contributed by atoms with Gasteiger partial charge in [-0.05, 0) is 29.8 Å². The minimum Gasteiger partial charge on any atom is -0.508 e. The number of aliphatic hydroxyl groups excluding tert-OH is 2. The van der Waals surface area contributed by atoms with E-state index in [-0.39, 0.29) is 39.3 Å². The van der Waals surface area contributed by atoms with Gasteiger partial charge in [-0.2, -0.15) is 0 Å². The molecule has 7 rings (SSSR count). The van der Waals surface area contributed by atoms with Crippen molar-refractivity contribution in [1.82, 2.24) is 0 Å². The Bertz CT molecular complexity index is 2150. The predicted octanol–water partition coefficient (Wildman–Crippen LogP) is 4.84. The topological polar surface area (TPSA) is 261 Å². The molecule has 0 saturated carbocycles. The molecule has 0 unspecified atom stereocenters. The van der Waals surface area contributed by atoms with Crippen LogP contribution in [0.4, 0.5) is 0 Å². The Kier molecular flexibility index (Phi) is 8.57. The Morgan fingerprint density at radius 3 is 1.62 bits per heavy atom. The highest BCUT2D eigenvalue weighted by molar-refractivity contribution is 7.98. The molecule has 15 heteroatoms. The maximum Gasteiger partial charge on any atom is 0.200 e. The summed E-state index contributed by atoms with van der Waals surface area (Å²) in [7, 11) is 0. The number of benzene rings is 5. The average molecular weight is 733 g/mol. The van der Waals surface area contributed by atoms with Crippen molar-refractivity contribution in [3.63, 3.8) is 0 Å². The zero-order valence-electron chi connectivity index (χ0n) is 26.7. The summed E-state index contributed by atoms with van der Waals surface area (Å²) in [5, 5.41) is 129. The predicted molar refractivity (Wildman–Crippen MR) is 183 cm³/mol. The molecule has 12 N–H and O–H groups in total. The first-order valence-corrected chi connectivity index (χ1v) is 16.8. The van der Waals surface area contributed by atoms with Crippen molar-refractivity contribution < 1.29 is 70.8 Å². The van der Waals surface area contributed by atoms with Gasteiger partial charge < -0.3 is 70.8 Å². The Balaban J connectivity index is 1.46. The Morgan fingerprint density at radius 2 is 1.04 bits per heavy atom. The molecule has 0 amide bonds. The molecule has 2 aliphatic heterocycles. The minimum absolute atomic E-state index is 0.0142. The zero-order chi connectivity index (χ0) is 37.2. The number of ether oxygens (including phenoxy) is 2. The monoisotopic (exact) mass is 732 g/mol. The molecule has 0 spiro atoms. The fourth-order valence-corrected chi connectivity index (χ4v) is 8.12. The molecule has 2 heterocycles. The molecule has 0 radical (unpaired) electrons. The molecule has 52 heavy (non-hydrogen) atoms. The van der Waals surface area contributed by atoms with E-state index in [1.54, 1.807) is 0 Å². The molecule has 0 aromatic heterocycles. The van der Waals surface area contributed by atoms with Crippen LogP contribution < -0.4 is 9.47 Å². The van der Waals surface area contributed by atoms with Crippen LogP contribution >= 0.6 is 11.8 Å². The summed E-state index contributed by atoms with van der Waals surface area (Å²) in [5.41, 5.74) is 0.392. The van der Waals surface area contributed by atoms with Crippen molar-refractivity contribution in [2.75, 3.05) is 0 Å². The van der Waals surface area contributed by atoms with Crippen LogP contribution in [0.2, 0.25) is 0 Å². The van der Waals surface area contributed by atoms with E-state index in [1.807, 2.05) is 30.3 Å². The van der Waals surface area contributed by atoms with Crippen molar-refractivity contribution >= 4 is 11.8 Å². The molecular weight excluding hydrogens is 700 g/mol. The van der Waals surface area contributed by atoms with E-state index >= 15 is 0 Å². The highest BCUT2D eigenvalue weighted by Crippen LogP contribution is 2.61. The molecule has 270 valence electrons. The summed E-state index contributed by atoms with van der Waals surface area (Å²) >= 11 is 1.19. The fourth-order valence-electron chi connectivity index (χ4n) is 6.82. The number of thioether (sulfide) groups is 1. The van der Waals surface area contributed by atoms with Gasteiger partial charge in [0.15, 0.2) is 46.7 Å². The molecule has 5 aromatic rings. The van der Waals surface area contributed by atoms with Gasteiger partial charge in [0, 0.05) is 46.2 Å². The largest absolute Gasteiger partial charge is 0.508 e. The second-order valence-corrected chi connectivity index (χ2v) is 13.6. The highest BCUT2D eigenvalue weighted by Gasteiger charge is 2.48. The van der Waals surface area contributed by atoms with Crippen LogP contribution in [-0.4, -0.2) is 73.5 Å². The number of rotatable bonds is 6. The van der Waals surface area contributed by atoms with E-state index in [4.69, 9.17) is 9.47 Å². The molecule has 0 fully saturated rings. The highest BCUT2D eigenvalue weighted by atomic mass is 32.2. The van der Waals surface area contributed by atoms with Gasteiger partial charge in [0.25, 0.3) is 0 Å². The Morgan fingerprint density at radius 1 is 0.519 bits per heavy atom. The number of hydrogen-bond donors (Lipinski definition) is 12. The molecule has 5 aromatic carbocycles. The number of aromatic hydroxyl groups is 10. The molecule has 2 aliphatic rings. The van der Waals surface area contributed by atoms with Crippen LogP contribution in [0.5, 0.6) is 69.0 Å². The smallest absolute Gasteiger partial charge is 0.200 e. The van der Waals surface area contributed by atoms with Crippen LogP contribution in [0.1, 0.15) is 56.8 Å². The van der Waals surface area contributed by atoms with E-state index in [1.165, 1.54) is 11.8 Å². The zero-order valence-corrected chi connectivity index (χ0v) is 27.5. The summed E-state index contributed by atoms with van der Waals surface area (Å²) in [6, 6.07) is 16.4. The first-order chi connectivity index (χ1) is 24.7. The van der Waals surface area contributed by atoms with E-state index in [0.717, 1.165) is 48.0 Å². The van der Waals surface area contributed by atoms with Gasteiger partial charge in [-0.25, -0.2) is 0 Å². The third kappa shape index (κ3) is 5.74. The SMILES string of the molecule is Oc1cc(O)c2c(c1)O[C@H](c1cc(O)c(O)c(O)c1)[C@H](O)[C@H]2c1c(O)cc(O)c2c1O[C@H](c1cc(O)c(O)c(O)c1)[C@H](O)[C@H]2SCc1ccccc1. The lowest BCUT2D eigenvalue weighted by atomic mass is 9.77. The van der Waals surface area contributed by atoms with Gasteiger partial charge in [-0.15, -0.1) is 11.8 Å². The van der Waals surface area contributed by atoms with Crippen molar-refractivity contribution in [3.05, 3.63) is 106 Å². The van der Waals surface area contributed by atoms with E-state index in [2.05, 4.69) is 0 Å². The van der Waals surface area contributed by atoms with Crippen molar-refractivity contribution in [1.29, 1.82) is 0 Å². The molecule has 0 saturated heterocycles. The van der Waals surface area contributed by atoms with Crippen molar-refractivity contribution in [2.24, 2.45) is 0 Å². The third-order valence-corrected chi connectivity index (χ3v) is 10.6. The van der Waals surface area contributed by atoms with Crippen LogP contribution in [0.3, 0.4) is 0 Å². The van der Waals surface area contributed by atoms with E-state index in [9.17, 15) is 61.3 Å². The number of phenolic OH excluding ortho intramolecular Hbond substituents is 10.